The Bertz CT molecular complexity index is 745. The van der Waals surface area contributed by atoms with Crippen molar-refractivity contribution in [1.29, 1.82) is 0 Å². The molecule has 0 aliphatic heterocycles. The van der Waals surface area contributed by atoms with E-state index in [0.29, 0.717) is 6.42 Å². The second-order valence-electron chi connectivity index (χ2n) is 5.24. The number of hydrazone groups is 1. The van der Waals surface area contributed by atoms with Crippen molar-refractivity contribution in [2.75, 3.05) is 6.54 Å². The maximum absolute atomic E-state index is 13.0. The van der Waals surface area contributed by atoms with Crippen LogP contribution in [0.1, 0.15) is 22.8 Å². The van der Waals surface area contributed by atoms with Gasteiger partial charge in [-0.25, -0.2) is 9.82 Å². The van der Waals surface area contributed by atoms with Crippen molar-refractivity contribution in [3.8, 4) is 0 Å². The van der Waals surface area contributed by atoms with Crippen LogP contribution in [0.2, 0.25) is 0 Å². The van der Waals surface area contributed by atoms with E-state index in [9.17, 15) is 14.0 Å². The lowest BCUT2D eigenvalue weighted by Gasteiger charge is -2.05. The first-order chi connectivity index (χ1) is 11.5. The molecule has 0 radical (unpaired) electrons. The highest BCUT2D eigenvalue weighted by Crippen LogP contribution is 2.03. The Hall–Kier alpha value is -3.02. The van der Waals surface area contributed by atoms with E-state index in [1.165, 1.54) is 18.2 Å². The Kier molecular flexibility index (Phi) is 6.19. The fraction of sp³-hybridized carbons (Fsp3) is 0.167. The first-order valence-electron chi connectivity index (χ1n) is 7.44. The molecule has 0 unspecified atom stereocenters. The predicted molar refractivity (Wildman–Crippen MR) is 90.1 cm³/mol. The summed E-state index contributed by atoms with van der Waals surface area (Å²) in [5, 5.41) is 6.40. The van der Waals surface area contributed by atoms with Gasteiger partial charge in [0.25, 0.3) is 11.8 Å². The third-order valence-corrected chi connectivity index (χ3v) is 3.17. The summed E-state index contributed by atoms with van der Waals surface area (Å²) < 4.78 is 13.0. The zero-order valence-corrected chi connectivity index (χ0v) is 13.3. The minimum atomic E-state index is -0.519. The fourth-order valence-electron chi connectivity index (χ4n) is 2.02. The van der Waals surface area contributed by atoms with Crippen LogP contribution in [0.4, 0.5) is 4.39 Å². The molecule has 0 aromatic heterocycles. The smallest absolute Gasteiger partial charge is 0.259 e. The number of carbonyl (C=O) groups excluding carboxylic acids is 2. The summed E-state index contributed by atoms with van der Waals surface area (Å²) in [6.45, 7) is 1.57. The molecule has 2 N–H and O–H groups in total. The van der Waals surface area contributed by atoms with E-state index in [1.807, 2.05) is 30.3 Å². The highest BCUT2D eigenvalue weighted by molar-refractivity contribution is 5.96. The summed E-state index contributed by atoms with van der Waals surface area (Å²) in [5.74, 6) is -1.48. The summed E-state index contributed by atoms with van der Waals surface area (Å²) in [6, 6.07) is 15.0. The molecule has 2 rings (SSSR count). The quantitative estimate of drug-likeness (QED) is 0.631. The average molecular weight is 327 g/mol. The summed E-state index contributed by atoms with van der Waals surface area (Å²) in [5.41, 5.74) is 4.37. The number of hydrogen-bond donors (Lipinski definition) is 2. The standard InChI is InChI=1S/C18H18FN3O2/c1-13(10-14-6-3-2-4-7-14)21-22-17(23)12-20-18(24)15-8-5-9-16(19)11-15/h2-9,11H,10,12H2,1H3,(H,20,24)(H,22,23)/b21-13+. The lowest BCUT2D eigenvalue weighted by Crippen LogP contribution is -2.35. The van der Waals surface area contributed by atoms with Gasteiger partial charge in [0.2, 0.25) is 0 Å². The van der Waals surface area contributed by atoms with E-state index in [0.717, 1.165) is 17.3 Å². The van der Waals surface area contributed by atoms with Crippen molar-refractivity contribution in [3.63, 3.8) is 0 Å². The van der Waals surface area contributed by atoms with Crippen molar-refractivity contribution < 1.29 is 14.0 Å². The zero-order valence-electron chi connectivity index (χ0n) is 13.3. The maximum atomic E-state index is 13.0. The van der Waals surface area contributed by atoms with Gasteiger partial charge in [-0.1, -0.05) is 36.4 Å². The van der Waals surface area contributed by atoms with Crippen molar-refractivity contribution in [2.45, 2.75) is 13.3 Å². The lowest BCUT2D eigenvalue weighted by molar-refractivity contribution is -0.120. The Balaban J connectivity index is 1.78. The molecule has 0 fully saturated rings. The number of rotatable bonds is 6. The van der Waals surface area contributed by atoms with Gasteiger partial charge in [-0.2, -0.15) is 5.10 Å². The molecule has 0 bridgehead atoms. The van der Waals surface area contributed by atoms with Crippen LogP contribution in [0.15, 0.2) is 59.7 Å². The largest absolute Gasteiger partial charge is 0.343 e. The Morgan fingerprint density at radius 3 is 2.54 bits per heavy atom. The van der Waals surface area contributed by atoms with Crippen molar-refractivity contribution in [3.05, 3.63) is 71.5 Å². The number of nitrogens with zero attached hydrogens (tertiary/aromatic N) is 1. The summed E-state index contributed by atoms with van der Waals surface area (Å²) in [4.78, 5) is 23.5. The van der Waals surface area contributed by atoms with Gasteiger partial charge in [-0.15, -0.1) is 0 Å². The van der Waals surface area contributed by atoms with Gasteiger partial charge in [-0.3, -0.25) is 9.59 Å². The zero-order chi connectivity index (χ0) is 17.4. The van der Waals surface area contributed by atoms with Crippen molar-refractivity contribution >= 4 is 17.5 Å². The molecule has 2 aromatic carbocycles. The van der Waals surface area contributed by atoms with Crippen LogP contribution in [0.3, 0.4) is 0 Å². The molecule has 0 aliphatic rings. The molecule has 0 heterocycles. The highest BCUT2D eigenvalue weighted by atomic mass is 19.1. The molecule has 0 atom stereocenters. The molecular formula is C18H18FN3O2. The van der Waals surface area contributed by atoms with E-state index in [1.54, 1.807) is 6.92 Å². The molecule has 5 nitrogen and oxygen atoms in total. The molecular weight excluding hydrogens is 309 g/mol. The maximum Gasteiger partial charge on any atom is 0.259 e. The number of hydrogen-bond acceptors (Lipinski definition) is 3. The van der Waals surface area contributed by atoms with Gasteiger partial charge in [0.1, 0.15) is 5.82 Å². The number of amides is 2. The lowest BCUT2D eigenvalue weighted by atomic mass is 10.1. The SMILES string of the molecule is C/C(Cc1ccccc1)=N\NC(=O)CNC(=O)c1cccc(F)c1. The minimum Gasteiger partial charge on any atom is -0.343 e. The van der Waals surface area contributed by atoms with Crippen LogP contribution in [0.25, 0.3) is 0 Å². The molecule has 0 saturated heterocycles. The third-order valence-electron chi connectivity index (χ3n) is 3.17. The molecule has 124 valence electrons. The topological polar surface area (TPSA) is 70.6 Å². The van der Waals surface area contributed by atoms with Crippen LogP contribution in [-0.2, 0) is 11.2 Å². The number of nitrogens with one attached hydrogen (secondary N) is 2. The highest BCUT2D eigenvalue weighted by Gasteiger charge is 2.08. The van der Waals surface area contributed by atoms with E-state index in [2.05, 4.69) is 15.8 Å². The number of carbonyl (C=O) groups is 2. The first-order valence-corrected chi connectivity index (χ1v) is 7.44. The minimum absolute atomic E-state index is 0.159. The monoisotopic (exact) mass is 327 g/mol. The Labute approximate surface area is 139 Å². The third kappa shape index (κ3) is 5.64. The van der Waals surface area contributed by atoms with E-state index >= 15 is 0 Å². The van der Waals surface area contributed by atoms with Gasteiger partial charge in [0, 0.05) is 17.7 Å². The summed E-state index contributed by atoms with van der Waals surface area (Å²) in [6.07, 6.45) is 0.622. The Morgan fingerprint density at radius 1 is 1.08 bits per heavy atom. The summed E-state index contributed by atoms with van der Waals surface area (Å²) in [7, 11) is 0. The van der Waals surface area contributed by atoms with E-state index in [-0.39, 0.29) is 12.1 Å². The van der Waals surface area contributed by atoms with Gasteiger partial charge in [-0.05, 0) is 30.7 Å². The van der Waals surface area contributed by atoms with Crippen LogP contribution in [-0.4, -0.2) is 24.1 Å². The molecule has 2 amide bonds. The van der Waals surface area contributed by atoms with Crippen LogP contribution < -0.4 is 10.7 Å². The first kappa shape index (κ1) is 17.3. The predicted octanol–water partition coefficient (Wildman–Crippen LogP) is 2.29. The average Bonchev–Trinajstić information content (AvgIpc) is 2.58. The molecule has 2 aromatic rings. The molecule has 0 saturated carbocycles. The van der Waals surface area contributed by atoms with Gasteiger partial charge >= 0.3 is 0 Å². The summed E-state index contributed by atoms with van der Waals surface area (Å²) >= 11 is 0. The van der Waals surface area contributed by atoms with E-state index in [4.69, 9.17) is 0 Å². The van der Waals surface area contributed by atoms with E-state index < -0.39 is 17.6 Å². The molecule has 0 aliphatic carbocycles. The van der Waals surface area contributed by atoms with Crippen LogP contribution in [0.5, 0.6) is 0 Å². The van der Waals surface area contributed by atoms with Gasteiger partial charge in [0.15, 0.2) is 0 Å². The molecule has 24 heavy (non-hydrogen) atoms. The normalized spacial score (nSPS) is 11.0. The fourth-order valence-corrected chi connectivity index (χ4v) is 2.02. The molecule has 0 spiro atoms. The number of benzene rings is 2. The second kappa shape index (κ2) is 8.57. The molecule has 6 heteroatoms. The second-order valence-corrected chi connectivity index (χ2v) is 5.24. The Morgan fingerprint density at radius 2 is 1.83 bits per heavy atom. The van der Waals surface area contributed by atoms with Gasteiger partial charge in [0.05, 0.1) is 6.54 Å². The van der Waals surface area contributed by atoms with Crippen LogP contribution in [0, 0.1) is 5.82 Å². The van der Waals surface area contributed by atoms with Crippen LogP contribution >= 0.6 is 0 Å². The number of halogens is 1. The van der Waals surface area contributed by atoms with Gasteiger partial charge < -0.3 is 5.32 Å². The van der Waals surface area contributed by atoms with Crippen molar-refractivity contribution in [2.24, 2.45) is 5.10 Å². The van der Waals surface area contributed by atoms with Crippen molar-refractivity contribution in [1.82, 2.24) is 10.7 Å².